The molecule has 2 aromatic heterocycles. The van der Waals surface area contributed by atoms with Gasteiger partial charge in [0.2, 0.25) is 0 Å². The number of alkyl halides is 4. The van der Waals surface area contributed by atoms with E-state index in [2.05, 4.69) is 15.4 Å². The number of pyridine rings is 1. The maximum Gasteiger partial charge on any atom is 0.419 e. The molecule has 21 heavy (non-hydrogen) atoms. The van der Waals surface area contributed by atoms with Crippen molar-refractivity contribution in [3.05, 3.63) is 36.3 Å². The average Bonchev–Trinajstić information content (AvgIpc) is 2.94. The summed E-state index contributed by atoms with van der Waals surface area (Å²) in [5.74, 6) is 0.291. The molecule has 0 aliphatic carbocycles. The van der Waals surface area contributed by atoms with Crippen LogP contribution in [0, 0.1) is 0 Å². The molecule has 0 amide bonds. The molecule has 0 aliphatic heterocycles. The number of rotatable bonds is 6. The first kappa shape index (κ1) is 15.3. The van der Waals surface area contributed by atoms with Crippen LogP contribution in [0.15, 0.2) is 30.7 Å². The molecule has 0 unspecified atom stereocenters. The van der Waals surface area contributed by atoms with Crippen LogP contribution in [0.1, 0.15) is 18.4 Å². The average molecular weight is 302 g/mol. The van der Waals surface area contributed by atoms with Gasteiger partial charge in [0.05, 0.1) is 30.3 Å². The third kappa shape index (κ3) is 4.17. The van der Waals surface area contributed by atoms with Crippen molar-refractivity contribution in [3.8, 4) is 5.82 Å². The van der Waals surface area contributed by atoms with Crippen molar-refractivity contribution in [2.24, 2.45) is 0 Å². The molecule has 0 radical (unpaired) electrons. The summed E-state index contributed by atoms with van der Waals surface area (Å²) in [6.45, 7) is 0.268. The third-order valence-electron chi connectivity index (χ3n) is 2.78. The number of unbranched alkanes of at least 4 members (excludes halogenated alkanes) is 1. The van der Waals surface area contributed by atoms with Crippen molar-refractivity contribution in [1.29, 1.82) is 0 Å². The van der Waals surface area contributed by atoms with Gasteiger partial charge in [-0.15, -0.1) is 0 Å². The van der Waals surface area contributed by atoms with E-state index in [9.17, 15) is 17.6 Å². The highest BCUT2D eigenvalue weighted by Crippen LogP contribution is 2.28. The summed E-state index contributed by atoms with van der Waals surface area (Å²) in [4.78, 5) is 4.04. The highest BCUT2D eigenvalue weighted by Gasteiger charge is 2.32. The Bertz CT molecular complexity index is 562. The Labute approximate surface area is 118 Å². The molecule has 4 nitrogen and oxygen atoms in total. The van der Waals surface area contributed by atoms with E-state index in [0.717, 1.165) is 22.8 Å². The molecular weight excluding hydrogens is 288 g/mol. The fourth-order valence-corrected chi connectivity index (χ4v) is 1.67. The SMILES string of the molecule is FCCCCNc1ccc(-n2cc(C(F)(F)F)cn2)nc1. The molecule has 0 aromatic carbocycles. The summed E-state index contributed by atoms with van der Waals surface area (Å²) >= 11 is 0. The number of nitrogens with one attached hydrogen (secondary N) is 1. The van der Waals surface area contributed by atoms with Gasteiger partial charge in [0.25, 0.3) is 0 Å². The number of halogens is 4. The fraction of sp³-hybridized carbons (Fsp3) is 0.385. The largest absolute Gasteiger partial charge is 0.419 e. The van der Waals surface area contributed by atoms with Crippen LogP contribution >= 0.6 is 0 Å². The maximum atomic E-state index is 12.5. The lowest BCUT2D eigenvalue weighted by Gasteiger charge is -2.06. The molecule has 2 aromatic rings. The zero-order valence-corrected chi connectivity index (χ0v) is 11.1. The van der Waals surface area contributed by atoms with E-state index in [4.69, 9.17) is 0 Å². The number of aromatic nitrogens is 3. The van der Waals surface area contributed by atoms with Gasteiger partial charge in [-0.3, -0.25) is 4.39 Å². The zero-order chi connectivity index (χ0) is 15.3. The van der Waals surface area contributed by atoms with E-state index in [1.54, 1.807) is 12.1 Å². The van der Waals surface area contributed by atoms with E-state index >= 15 is 0 Å². The van der Waals surface area contributed by atoms with E-state index < -0.39 is 11.7 Å². The van der Waals surface area contributed by atoms with Crippen molar-refractivity contribution in [2.45, 2.75) is 19.0 Å². The standard InChI is InChI=1S/C13H14F4N4/c14-5-1-2-6-18-11-3-4-12(19-8-11)21-9-10(7-20-21)13(15,16)17/h3-4,7-9,18H,1-2,5-6H2. The second-order valence-corrected chi connectivity index (χ2v) is 4.40. The molecule has 114 valence electrons. The lowest BCUT2D eigenvalue weighted by Crippen LogP contribution is -2.04. The number of nitrogens with zero attached hydrogens (tertiary/aromatic N) is 3. The van der Waals surface area contributed by atoms with Gasteiger partial charge < -0.3 is 5.32 Å². The van der Waals surface area contributed by atoms with Gasteiger partial charge in [0.15, 0.2) is 5.82 Å². The highest BCUT2D eigenvalue weighted by atomic mass is 19.4. The summed E-state index contributed by atoms with van der Waals surface area (Å²) in [5.41, 5.74) is -0.0986. The van der Waals surface area contributed by atoms with Crippen LogP contribution in [-0.2, 0) is 6.18 Å². The van der Waals surface area contributed by atoms with Crippen LogP contribution in [0.4, 0.5) is 23.2 Å². The van der Waals surface area contributed by atoms with Gasteiger partial charge in [-0.1, -0.05) is 0 Å². The predicted octanol–water partition coefficient (Wildman–Crippen LogP) is 3.45. The fourth-order valence-electron chi connectivity index (χ4n) is 1.67. The van der Waals surface area contributed by atoms with Gasteiger partial charge in [-0.25, -0.2) is 9.67 Å². The van der Waals surface area contributed by atoms with Crippen LogP contribution in [-0.4, -0.2) is 28.0 Å². The zero-order valence-electron chi connectivity index (χ0n) is 11.1. The second-order valence-electron chi connectivity index (χ2n) is 4.40. The normalized spacial score (nSPS) is 11.6. The molecule has 0 saturated heterocycles. The summed E-state index contributed by atoms with van der Waals surface area (Å²) < 4.78 is 50.4. The molecular formula is C13H14F4N4. The lowest BCUT2D eigenvalue weighted by molar-refractivity contribution is -0.137. The van der Waals surface area contributed by atoms with E-state index in [1.807, 2.05) is 0 Å². The number of anilines is 1. The first-order valence-electron chi connectivity index (χ1n) is 6.39. The van der Waals surface area contributed by atoms with Gasteiger partial charge >= 0.3 is 6.18 Å². The smallest absolute Gasteiger partial charge is 0.384 e. The summed E-state index contributed by atoms with van der Waals surface area (Å²) in [6.07, 6.45) is -0.0876. The monoisotopic (exact) mass is 302 g/mol. The van der Waals surface area contributed by atoms with E-state index in [-0.39, 0.29) is 6.67 Å². The summed E-state index contributed by atoms with van der Waals surface area (Å²) in [7, 11) is 0. The minimum Gasteiger partial charge on any atom is -0.384 e. The van der Waals surface area contributed by atoms with Crippen molar-refractivity contribution < 1.29 is 17.6 Å². The van der Waals surface area contributed by atoms with Gasteiger partial charge in [0.1, 0.15) is 0 Å². The van der Waals surface area contributed by atoms with Crippen molar-refractivity contribution in [2.75, 3.05) is 18.5 Å². The molecule has 0 fully saturated rings. The van der Waals surface area contributed by atoms with Crippen LogP contribution < -0.4 is 5.32 Å². The molecule has 1 N–H and O–H groups in total. The summed E-state index contributed by atoms with van der Waals surface area (Å²) in [5, 5.41) is 6.69. The van der Waals surface area contributed by atoms with Crippen LogP contribution in [0.25, 0.3) is 5.82 Å². The van der Waals surface area contributed by atoms with Crippen molar-refractivity contribution >= 4 is 5.69 Å². The Balaban J connectivity index is 2.00. The molecule has 0 saturated carbocycles. The highest BCUT2D eigenvalue weighted by molar-refractivity contribution is 5.43. The summed E-state index contributed by atoms with van der Waals surface area (Å²) in [6, 6.07) is 3.25. The quantitative estimate of drug-likeness (QED) is 0.656. The topological polar surface area (TPSA) is 42.7 Å². The van der Waals surface area contributed by atoms with Gasteiger partial charge in [0, 0.05) is 12.7 Å². The van der Waals surface area contributed by atoms with Crippen LogP contribution in [0.5, 0.6) is 0 Å². The molecule has 0 aliphatic rings. The molecule has 2 heterocycles. The third-order valence-corrected chi connectivity index (χ3v) is 2.78. The molecule has 2 rings (SSSR count). The van der Waals surface area contributed by atoms with Crippen LogP contribution in [0.2, 0.25) is 0 Å². The molecule has 0 bridgehead atoms. The number of hydrogen-bond donors (Lipinski definition) is 1. The first-order chi connectivity index (χ1) is 10.0. The van der Waals surface area contributed by atoms with Gasteiger partial charge in [-0.05, 0) is 25.0 Å². The molecule has 0 spiro atoms. The Kier molecular flexibility index (Phi) is 4.77. The second kappa shape index (κ2) is 6.55. The van der Waals surface area contributed by atoms with E-state index in [1.165, 1.54) is 6.20 Å². The molecule has 8 heteroatoms. The predicted molar refractivity (Wildman–Crippen MR) is 70.1 cm³/mol. The minimum atomic E-state index is -4.42. The molecule has 0 atom stereocenters. The van der Waals surface area contributed by atoms with Crippen LogP contribution in [0.3, 0.4) is 0 Å². The Morgan fingerprint density at radius 3 is 2.52 bits per heavy atom. The Morgan fingerprint density at radius 1 is 1.14 bits per heavy atom. The Morgan fingerprint density at radius 2 is 1.95 bits per heavy atom. The number of hydrogen-bond acceptors (Lipinski definition) is 3. The minimum absolute atomic E-state index is 0.291. The van der Waals surface area contributed by atoms with Crippen molar-refractivity contribution in [3.63, 3.8) is 0 Å². The van der Waals surface area contributed by atoms with Gasteiger partial charge in [-0.2, -0.15) is 18.3 Å². The maximum absolute atomic E-state index is 12.5. The Hall–Kier alpha value is -2.12. The van der Waals surface area contributed by atoms with E-state index in [0.29, 0.717) is 25.2 Å². The lowest BCUT2D eigenvalue weighted by atomic mass is 10.3. The first-order valence-corrected chi connectivity index (χ1v) is 6.39. The van der Waals surface area contributed by atoms with Crippen molar-refractivity contribution in [1.82, 2.24) is 14.8 Å².